The van der Waals surface area contributed by atoms with Gasteiger partial charge >= 0.3 is 12.0 Å². The summed E-state index contributed by atoms with van der Waals surface area (Å²) in [6, 6.07) is -1.66. The number of carboxylic acids is 1. The topological polar surface area (TPSA) is 116 Å². The van der Waals surface area contributed by atoms with Crippen molar-refractivity contribution >= 4 is 23.8 Å². The van der Waals surface area contributed by atoms with E-state index in [4.69, 9.17) is 5.11 Å². The number of urea groups is 1. The molecule has 1 rings (SSSR count). The van der Waals surface area contributed by atoms with Gasteiger partial charge in [-0.1, -0.05) is 13.8 Å². The Bertz CT molecular complexity index is 391. The number of carbonyl (C=O) groups excluding carboxylic acids is 3. The van der Waals surface area contributed by atoms with Gasteiger partial charge in [-0.15, -0.1) is 0 Å². The van der Waals surface area contributed by atoms with Crippen LogP contribution in [-0.2, 0) is 14.4 Å². The Morgan fingerprint density at radius 3 is 2.47 bits per heavy atom. The highest BCUT2D eigenvalue weighted by atomic mass is 16.4. The van der Waals surface area contributed by atoms with Crippen molar-refractivity contribution in [2.75, 3.05) is 13.1 Å². The fourth-order valence-corrected chi connectivity index (χ4v) is 1.69. The molecule has 0 saturated carbocycles. The molecule has 0 aromatic heterocycles. The van der Waals surface area contributed by atoms with Crippen LogP contribution in [0.15, 0.2) is 0 Å². The number of carboxylic acid groups (broad SMARTS) is 1. The standard InChI is InChI=1S/C11H17N3O5/c1-6(2)3-7(10(17)18)13-8(15)5-14-9(16)4-12-11(14)19/h6-7H,3-5H2,1-2H3,(H,12,19)(H,13,15)(H,17,18)/t7-/m1/s1. The highest BCUT2D eigenvalue weighted by Gasteiger charge is 2.31. The van der Waals surface area contributed by atoms with Gasteiger partial charge < -0.3 is 15.7 Å². The maximum atomic E-state index is 11.6. The van der Waals surface area contributed by atoms with Crippen LogP contribution in [0.4, 0.5) is 4.79 Å². The second kappa shape index (κ2) is 6.17. The van der Waals surface area contributed by atoms with Gasteiger partial charge in [-0.3, -0.25) is 14.5 Å². The largest absolute Gasteiger partial charge is 0.480 e. The van der Waals surface area contributed by atoms with Crippen molar-refractivity contribution in [1.82, 2.24) is 15.5 Å². The van der Waals surface area contributed by atoms with E-state index in [1.165, 1.54) is 0 Å². The van der Waals surface area contributed by atoms with Gasteiger partial charge in [0.05, 0.1) is 6.54 Å². The van der Waals surface area contributed by atoms with Gasteiger partial charge in [0.25, 0.3) is 5.91 Å². The van der Waals surface area contributed by atoms with Crippen LogP contribution in [0, 0.1) is 5.92 Å². The molecule has 0 aromatic carbocycles. The van der Waals surface area contributed by atoms with E-state index >= 15 is 0 Å². The van der Waals surface area contributed by atoms with E-state index in [1.807, 2.05) is 13.8 Å². The summed E-state index contributed by atoms with van der Waals surface area (Å²) in [6.45, 7) is 3.06. The van der Waals surface area contributed by atoms with Gasteiger partial charge in [0.1, 0.15) is 12.6 Å². The molecule has 19 heavy (non-hydrogen) atoms. The molecule has 1 aliphatic rings. The van der Waals surface area contributed by atoms with Gasteiger partial charge in [-0.25, -0.2) is 9.59 Å². The van der Waals surface area contributed by atoms with Crippen LogP contribution in [0.25, 0.3) is 0 Å². The summed E-state index contributed by atoms with van der Waals surface area (Å²) in [5.41, 5.74) is 0. The van der Waals surface area contributed by atoms with Crippen molar-refractivity contribution in [1.29, 1.82) is 0 Å². The number of amides is 4. The number of rotatable bonds is 6. The summed E-state index contributed by atoms with van der Waals surface area (Å²) in [5, 5.41) is 13.5. The number of carbonyl (C=O) groups is 4. The molecule has 1 fully saturated rings. The number of hydrogen-bond donors (Lipinski definition) is 3. The summed E-state index contributed by atoms with van der Waals surface area (Å²) >= 11 is 0. The molecule has 1 heterocycles. The van der Waals surface area contributed by atoms with E-state index in [9.17, 15) is 19.2 Å². The van der Waals surface area contributed by atoms with Crippen LogP contribution in [-0.4, -0.2) is 53.0 Å². The highest BCUT2D eigenvalue weighted by molar-refractivity contribution is 6.04. The van der Waals surface area contributed by atoms with E-state index < -0.39 is 36.4 Å². The molecule has 8 heteroatoms. The number of nitrogens with zero attached hydrogens (tertiary/aromatic N) is 1. The molecule has 0 unspecified atom stereocenters. The normalized spacial score (nSPS) is 16.5. The Morgan fingerprint density at radius 2 is 2.05 bits per heavy atom. The molecule has 0 aromatic rings. The first-order valence-corrected chi connectivity index (χ1v) is 5.91. The Kier molecular flexibility index (Phi) is 4.85. The molecule has 3 N–H and O–H groups in total. The summed E-state index contributed by atoms with van der Waals surface area (Å²) in [6.07, 6.45) is 0.279. The predicted octanol–water partition coefficient (Wildman–Crippen LogP) is -0.846. The highest BCUT2D eigenvalue weighted by Crippen LogP contribution is 2.05. The van der Waals surface area contributed by atoms with Crippen LogP contribution in [0.2, 0.25) is 0 Å². The Hall–Kier alpha value is -2.12. The molecule has 106 valence electrons. The summed E-state index contributed by atoms with van der Waals surface area (Å²) < 4.78 is 0. The molecule has 8 nitrogen and oxygen atoms in total. The van der Waals surface area contributed by atoms with E-state index in [1.54, 1.807) is 0 Å². The van der Waals surface area contributed by atoms with Gasteiger partial charge in [-0.2, -0.15) is 0 Å². The summed E-state index contributed by atoms with van der Waals surface area (Å²) in [4.78, 5) is 45.8. The minimum Gasteiger partial charge on any atom is -0.480 e. The molecule has 1 saturated heterocycles. The van der Waals surface area contributed by atoms with Crippen molar-refractivity contribution in [3.63, 3.8) is 0 Å². The minimum atomic E-state index is -1.14. The lowest BCUT2D eigenvalue weighted by Crippen LogP contribution is -2.47. The monoisotopic (exact) mass is 271 g/mol. The van der Waals surface area contributed by atoms with Gasteiger partial charge in [-0.05, 0) is 12.3 Å². The number of aliphatic carboxylic acids is 1. The molecular weight excluding hydrogens is 254 g/mol. The van der Waals surface area contributed by atoms with Gasteiger partial charge in [0.15, 0.2) is 0 Å². The SMILES string of the molecule is CC(C)C[C@@H](NC(=O)CN1C(=O)CNC1=O)C(=O)O. The third kappa shape index (κ3) is 4.23. The molecular formula is C11H17N3O5. The maximum absolute atomic E-state index is 11.6. The molecule has 0 radical (unpaired) electrons. The summed E-state index contributed by atoms with van der Waals surface area (Å²) in [7, 11) is 0. The van der Waals surface area contributed by atoms with Crippen LogP contribution in [0.3, 0.4) is 0 Å². The fraction of sp³-hybridized carbons (Fsp3) is 0.636. The van der Waals surface area contributed by atoms with Crippen LogP contribution >= 0.6 is 0 Å². The average Bonchev–Trinajstić information content (AvgIpc) is 2.59. The van der Waals surface area contributed by atoms with Crippen molar-refractivity contribution < 1.29 is 24.3 Å². The molecule has 0 bridgehead atoms. The second-order valence-corrected chi connectivity index (χ2v) is 4.73. The minimum absolute atomic E-state index is 0.0955. The molecule has 0 spiro atoms. The number of imide groups is 1. The molecule has 0 aliphatic carbocycles. The Balaban J connectivity index is 2.55. The van der Waals surface area contributed by atoms with Crippen LogP contribution in [0.1, 0.15) is 20.3 Å². The van der Waals surface area contributed by atoms with E-state index in [-0.39, 0.29) is 18.9 Å². The smallest absolute Gasteiger partial charge is 0.326 e. The zero-order valence-electron chi connectivity index (χ0n) is 10.8. The van der Waals surface area contributed by atoms with Gasteiger partial charge in [0, 0.05) is 0 Å². The Labute approximate surface area is 110 Å². The molecule has 1 aliphatic heterocycles. The third-order valence-electron chi connectivity index (χ3n) is 2.58. The second-order valence-electron chi connectivity index (χ2n) is 4.73. The fourth-order valence-electron chi connectivity index (χ4n) is 1.69. The van der Waals surface area contributed by atoms with Crippen LogP contribution < -0.4 is 10.6 Å². The predicted molar refractivity (Wildman–Crippen MR) is 64.1 cm³/mol. The lowest BCUT2D eigenvalue weighted by atomic mass is 10.0. The first-order chi connectivity index (χ1) is 8.81. The van der Waals surface area contributed by atoms with Crippen LogP contribution in [0.5, 0.6) is 0 Å². The van der Waals surface area contributed by atoms with Crippen molar-refractivity contribution in [2.24, 2.45) is 5.92 Å². The molecule has 4 amide bonds. The van der Waals surface area contributed by atoms with Crippen molar-refractivity contribution in [3.8, 4) is 0 Å². The lowest BCUT2D eigenvalue weighted by Gasteiger charge is -2.18. The average molecular weight is 271 g/mol. The number of hydrogen-bond acceptors (Lipinski definition) is 4. The van der Waals surface area contributed by atoms with E-state index in [2.05, 4.69) is 10.6 Å². The zero-order valence-corrected chi connectivity index (χ0v) is 10.8. The zero-order chi connectivity index (χ0) is 14.6. The molecule has 1 atom stereocenters. The van der Waals surface area contributed by atoms with Gasteiger partial charge in [0.2, 0.25) is 5.91 Å². The van der Waals surface area contributed by atoms with E-state index in [0.717, 1.165) is 4.90 Å². The lowest BCUT2D eigenvalue weighted by molar-refractivity contribution is -0.142. The first-order valence-electron chi connectivity index (χ1n) is 5.91. The third-order valence-corrected chi connectivity index (χ3v) is 2.58. The maximum Gasteiger partial charge on any atom is 0.326 e. The van der Waals surface area contributed by atoms with Crippen molar-refractivity contribution in [3.05, 3.63) is 0 Å². The quantitative estimate of drug-likeness (QED) is 0.544. The van der Waals surface area contributed by atoms with Crippen molar-refractivity contribution in [2.45, 2.75) is 26.3 Å². The first kappa shape index (κ1) is 14.9. The summed E-state index contributed by atoms with van der Waals surface area (Å²) in [5.74, 6) is -2.22. The van der Waals surface area contributed by atoms with E-state index in [0.29, 0.717) is 0 Å². The number of nitrogens with one attached hydrogen (secondary N) is 2. The Morgan fingerprint density at radius 1 is 1.42 bits per heavy atom.